The molecule has 0 spiro atoms. The van der Waals surface area contributed by atoms with Gasteiger partial charge in [-0.2, -0.15) is 0 Å². The van der Waals surface area contributed by atoms with Crippen LogP contribution in [0.3, 0.4) is 0 Å². The third kappa shape index (κ3) is 7.22. The number of aliphatic imine (C=N–C) groups is 1. The van der Waals surface area contributed by atoms with Gasteiger partial charge in [0, 0.05) is 32.2 Å². The quantitative estimate of drug-likeness (QED) is 0.489. The van der Waals surface area contributed by atoms with Crippen LogP contribution in [0.15, 0.2) is 29.3 Å². The number of hydrogen-bond acceptors (Lipinski definition) is 4. The van der Waals surface area contributed by atoms with Gasteiger partial charge >= 0.3 is 0 Å². The molecule has 3 N–H and O–H groups in total. The lowest BCUT2D eigenvalue weighted by Gasteiger charge is -2.35. The summed E-state index contributed by atoms with van der Waals surface area (Å²) in [5.74, 6) is 1.77. The van der Waals surface area contributed by atoms with Crippen molar-refractivity contribution in [1.29, 1.82) is 0 Å². The Morgan fingerprint density at radius 3 is 2.50 bits per heavy atom. The van der Waals surface area contributed by atoms with Crippen molar-refractivity contribution < 1.29 is 9.84 Å². The fraction of sp³-hybridized carbons (Fsp3) is 0.650. The first-order valence-electron chi connectivity index (χ1n) is 9.70. The van der Waals surface area contributed by atoms with Crippen LogP contribution in [-0.4, -0.2) is 61.4 Å². The highest BCUT2D eigenvalue weighted by atomic mass is 16.5. The van der Waals surface area contributed by atoms with Gasteiger partial charge in [0.05, 0.1) is 19.8 Å². The smallest absolute Gasteiger partial charge is 0.191 e. The molecular weight excluding hydrogens is 328 g/mol. The number of guanidine groups is 1. The van der Waals surface area contributed by atoms with Gasteiger partial charge in [-0.05, 0) is 37.0 Å². The standard InChI is InChI=1S/C20H34N4O2/c1-4-21-20(22-14-17-5-7-19(25)8-6-17)23-15-18(13-16(2)3)24-9-11-26-12-10-24/h5-8,16,18,25H,4,9-15H2,1-3H3,(H2,21,22,23). The zero-order chi connectivity index (χ0) is 18.8. The molecule has 1 heterocycles. The van der Waals surface area contributed by atoms with Crippen LogP contribution in [0.4, 0.5) is 0 Å². The first-order valence-corrected chi connectivity index (χ1v) is 9.70. The minimum Gasteiger partial charge on any atom is -0.508 e. The number of morpholine rings is 1. The van der Waals surface area contributed by atoms with Crippen LogP contribution in [0.2, 0.25) is 0 Å². The minimum absolute atomic E-state index is 0.282. The van der Waals surface area contributed by atoms with Crippen LogP contribution in [0.25, 0.3) is 0 Å². The molecule has 6 heteroatoms. The van der Waals surface area contributed by atoms with Gasteiger partial charge in [-0.1, -0.05) is 26.0 Å². The van der Waals surface area contributed by atoms with E-state index in [2.05, 4.69) is 41.3 Å². The lowest BCUT2D eigenvalue weighted by molar-refractivity contribution is 0.0132. The van der Waals surface area contributed by atoms with E-state index in [9.17, 15) is 5.11 Å². The Bertz CT molecular complexity index is 539. The maximum Gasteiger partial charge on any atom is 0.191 e. The van der Waals surface area contributed by atoms with E-state index in [-0.39, 0.29) is 5.75 Å². The summed E-state index contributed by atoms with van der Waals surface area (Å²) < 4.78 is 5.50. The van der Waals surface area contributed by atoms with E-state index < -0.39 is 0 Å². The molecule has 6 nitrogen and oxygen atoms in total. The first-order chi connectivity index (χ1) is 12.6. The lowest BCUT2D eigenvalue weighted by atomic mass is 10.0. The summed E-state index contributed by atoms with van der Waals surface area (Å²) in [4.78, 5) is 7.21. The van der Waals surface area contributed by atoms with Gasteiger partial charge in [0.15, 0.2) is 5.96 Å². The van der Waals surface area contributed by atoms with Crippen LogP contribution in [0.1, 0.15) is 32.8 Å². The topological polar surface area (TPSA) is 69.1 Å². The molecular formula is C20H34N4O2. The average molecular weight is 363 g/mol. The Balaban J connectivity index is 1.94. The highest BCUT2D eigenvalue weighted by Gasteiger charge is 2.22. The molecule has 0 aliphatic carbocycles. The molecule has 1 aliphatic rings. The van der Waals surface area contributed by atoms with Gasteiger partial charge in [0.1, 0.15) is 5.75 Å². The van der Waals surface area contributed by atoms with Crippen molar-refractivity contribution in [2.45, 2.75) is 39.8 Å². The van der Waals surface area contributed by atoms with Crippen LogP contribution < -0.4 is 10.6 Å². The molecule has 1 unspecified atom stereocenters. The predicted molar refractivity (Wildman–Crippen MR) is 107 cm³/mol. The lowest BCUT2D eigenvalue weighted by Crippen LogP contribution is -2.51. The van der Waals surface area contributed by atoms with Crippen LogP contribution in [0, 0.1) is 5.92 Å². The van der Waals surface area contributed by atoms with E-state index in [1.807, 2.05) is 12.1 Å². The minimum atomic E-state index is 0.282. The summed E-state index contributed by atoms with van der Waals surface area (Å²) in [6.45, 7) is 12.6. The summed E-state index contributed by atoms with van der Waals surface area (Å²) in [5, 5.41) is 16.2. The number of nitrogens with one attached hydrogen (secondary N) is 2. The molecule has 1 saturated heterocycles. The summed E-state index contributed by atoms with van der Waals surface area (Å²) in [5.41, 5.74) is 1.08. The number of phenolic OH excluding ortho intramolecular Hbond substituents is 1. The highest BCUT2D eigenvalue weighted by Crippen LogP contribution is 2.13. The Kier molecular flexibility index (Phi) is 8.71. The second-order valence-electron chi connectivity index (χ2n) is 7.17. The van der Waals surface area contributed by atoms with Crippen LogP contribution >= 0.6 is 0 Å². The number of hydrogen-bond donors (Lipinski definition) is 3. The molecule has 0 radical (unpaired) electrons. The highest BCUT2D eigenvalue weighted by molar-refractivity contribution is 5.79. The molecule has 0 saturated carbocycles. The normalized spacial score (nSPS) is 17.3. The van der Waals surface area contributed by atoms with Gasteiger partial charge in [-0.15, -0.1) is 0 Å². The van der Waals surface area contributed by atoms with E-state index >= 15 is 0 Å². The van der Waals surface area contributed by atoms with Gasteiger partial charge in [0.25, 0.3) is 0 Å². The molecule has 26 heavy (non-hydrogen) atoms. The molecule has 1 aromatic rings. The monoisotopic (exact) mass is 362 g/mol. The van der Waals surface area contributed by atoms with E-state index in [4.69, 9.17) is 4.74 Å². The molecule has 1 aliphatic heterocycles. The maximum absolute atomic E-state index is 9.39. The van der Waals surface area contributed by atoms with Crippen LogP contribution in [0.5, 0.6) is 5.75 Å². The number of ether oxygens (including phenoxy) is 1. The third-order valence-electron chi connectivity index (χ3n) is 4.51. The fourth-order valence-electron chi connectivity index (χ4n) is 3.18. The molecule has 0 amide bonds. The molecule has 2 rings (SSSR count). The number of phenols is 1. The van der Waals surface area contributed by atoms with Crippen molar-refractivity contribution in [2.75, 3.05) is 39.4 Å². The number of rotatable bonds is 8. The van der Waals surface area contributed by atoms with Crippen molar-refractivity contribution in [1.82, 2.24) is 15.5 Å². The Labute approximate surface area is 157 Å². The predicted octanol–water partition coefficient (Wildman–Crippen LogP) is 2.19. The van der Waals surface area contributed by atoms with Gasteiger partial charge in [-0.3, -0.25) is 4.90 Å². The van der Waals surface area contributed by atoms with Gasteiger partial charge in [0.2, 0.25) is 0 Å². The van der Waals surface area contributed by atoms with Crippen molar-refractivity contribution in [3.8, 4) is 5.75 Å². The largest absolute Gasteiger partial charge is 0.508 e. The summed E-state index contributed by atoms with van der Waals surface area (Å²) >= 11 is 0. The van der Waals surface area contributed by atoms with Crippen molar-refractivity contribution >= 4 is 5.96 Å². The number of benzene rings is 1. The molecule has 0 aromatic heterocycles. The van der Waals surface area contributed by atoms with Gasteiger partial charge < -0.3 is 20.5 Å². The van der Waals surface area contributed by atoms with E-state index in [1.54, 1.807) is 12.1 Å². The SMILES string of the molecule is CCNC(=NCc1ccc(O)cc1)NCC(CC(C)C)N1CCOCC1. The van der Waals surface area contributed by atoms with Crippen molar-refractivity contribution in [3.63, 3.8) is 0 Å². The molecule has 146 valence electrons. The molecule has 1 atom stereocenters. The Hall–Kier alpha value is -1.79. The summed E-state index contributed by atoms with van der Waals surface area (Å²) in [6, 6.07) is 7.68. The maximum atomic E-state index is 9.39. The average Bonchev–Trinajstić information content (AvgIpc) is 2.64. The summed E-state index contributed by atoms with van der Waals surface area (Å²) in [7, 11) is 0. The summed E-state index contributed by atoms with van der Waals surface area (Å²) in [6.07, 6.45) is 1.16. The second-order valence-corrected chi connectivity index (χ2v) is 7.17. The zero-order valence-corrected chi connectivity index (χ0v) is 16.4. The number of nitrogens with zero attached hydrogens (tertiary/aromatic N) is 2. The van der Waals surface area contributed by atoms with E-state index in [1.165, 1.54) is 0 Å². The first kappa shape index (κ1) is 20.5. The third-order valence-corrected chi connectivity index (χ3v) is 4.51. The zero-order valence-electron chi connectivity index (χ0n) is 16.4. The second kappa shape index (κ2) is 11.0. The van der Waals surface area contributed by atoms with Gasteiger partial charge in [-0.25, -0.2) is 4.99 Å². The van der Waals surface area contributed by atoms with E-state index in [0.717, 1.165) is 57.3 Å². The Morgan fingerprint density at radius 1 is 1.19 bits per heavy atom. The molecule has 0 bridgehead atoms. The molecule has 1 aromatic carbocycles. The molecule has 1 fully saturated rings. The van der Waals surface area contributed by atoms with Crippen molar-refractivity contribution in [3.05, 3.63) is 29.8 Å². The van der Waals surface area contributed by atoms with Crippen molar-refractivity contribution in [2.24, 2.45) is 10.9 Å². The van der Waals surface area contributed by atoms with Crippen LogP contribution in [-0.2, 0) is 11.3 Å². The Morgan fingerprint density at radius 2 is 1.88 bits per heavy atom. The fourth-order valence-corrected chi connectivity index (χ4v) is 3.18. The van der Waals surface area contributed by atoms with E-state index in [0.29, 0.717) is 18.5 Å². The number of aromatic hydroxyl groups is 1.